The minimum Gasteiger partial charge on any atom is -0.497 e. The zero-order valence-electron chi connectivity index (χ0n) is 23.2. The largest absolute Gasteiger partial charge is 0.497 e. The molecule has 0 fully saturated rings. The number of sulfonamides is 1. The Morgan fingerprint density at radius 3 is 2.20 bits per heavy atom. The van der Waals surface area contributed by atoms with E-state index in [1.165, 1.54) is 21.0 Å². The molecule has 6 nitrogen and oxygen atoms in total. The predicted octanol–water partition coefficient (Wildman–Crippen LogP) is 6.08. The molecule has 4 aromatic rings. The molecular weight excluding hydrogens is 518 g/mol. The molecule has 0 saturated carbocycles. The molecule has 40 heavy (non-hydrogen) atoms. The molecular formula is C33H35N3O3S. The SMILES string of the molecule is COc1ccc(CN(C)S(=O)(=O)c2ccc(CCC3=NC(c4ccccc4)c4ccccc4CN3C)cc2)cc1. The van der Waals surface area contributed by atoms with Crippen LogP contribution in [0.4, 0.5) is 0 Å². The van der Waals surface area contributed by atoms with Gasteiger partial charge in [0.1, 0.15) is 17.6 Å². The van der Waals surface area contributed by atoms with E-state index < -0.39 is 10.0 Å². The number of hydrogen-bond donors (Lipinski definition) is 0. The van der Waals surface area contributed by atoms with Crippen LogP contribution in [0.5, 0.6) is 5.75 Å². The Bertz CT molecular complexity index is 1570. The van der Waals surface area contributed by atoms with Gasteiger partial charge in [0.25, 0.3) is 0 Å². The minimum atomic E-state index is -3.62. The highest BCUT2D eigenvalue weighted by atomic mass is 32.2. The van der Waals surface area contributed by atoms with E-state index in [9.17, 15) is 8.42 Å². The molecule has 0 amide bonds. The average Bonchev–Trinajstić information content (AvgIpc) is 3.12. The first-order valence-electron chi connectivity index (χ1n) is 13.4. The molecule has 0 radical (unpaired) electrons. The maximum absolute atomic E-state index is 13.2. The highest BCUT2D eigenvalue weighted by Crippen LogP contribution is 2.32. The Labute approximate surface area is 237 Å². The van der Waals surface area contributed by atoms with Crippen LogP contribution in [-0.2, 0) is 29.5 Å². The summed E-state index contributed by atoms with van der Waals surface area (Å²) < 4.78 is 33.0. The first kappa shape index (κ1) is 27.6. The van der Waals surface area contributed by atoms with Gasteiger partial charge in [-0.05, 0) is 58.5 Å². The average molecular weight is 554 g/mol. The van der Waals surface area contributed by atoms with E-state index in [1.807, 2.05) is 42.5 Å². The highest BCUT2D eigenvalue weighted by Gasteiger charge is 2.24. The molecule has 0 aromatic heterocycles. The fourth-order valence-corrected chi connectivity index (χ4v) is 6.25. The van der Waals surface area contributed by atoms with Crippen molar-refractivity contribution in [3.05, 3.63) is 131 Å². The second-order valence-corrected chi connectivity index (χ2v) is 12.2. The molecule has 206 valence electrons. The quantitative estimate of drug-likeness (QED) is 0.252. The standard InChI is InChI=1S/C33H35N3O3S/c1-35-24-28-11-7-8-12-31(28)33(27-9-5-4-6-10-27)34-32(35)22-17-25-15-20-30(21-16-25)40(37,38)36(2)23-26-13-18-29(39-3)19-14-26/h4-16,18-21,33H,17,22-24H2,1-3H3. The Hall–Kier alpha value is -3.94. The molecule has 5 rings (SSSR count). The van der Waals surface area contributed by atoms with Crippen molar-refractivity contribution in [1.82, 2.24) is 9.21 Å². The summed E-state index contributed by atoms with van der Waals surface area (Å²) in [5, 5.41) is 0. The number of hydrogen-bond acceptors (Lipinski definition) is 5. The van der Waals surface area contributed by atoms with Crippen LogP contribution < -0.4 is 4.74 Å². The van der Waals surface area contributed by atoms with Gasteiger partial charge in [0.05, 0.1) is 12.0 Å². The highest BCUT2D eigenvalue weighted by molar-refractivity contribution is 7.89. The monoisotopic (exact) mass is 553 g/mol. The maximum Gasteiger partial charge on any atom is 0.243 e. The third-order valence-corrected chi connectivity index (χ3v) is 9.24. The summed E-state index contributed by atoms with van der Waals surface area (Å²) >= 11 is 0. The molecule has 1 aliphatic rings. The molecule has 7 heteroatoms. The topological polar surface area (TPSA) is 62.2 Å². The summed E-state index contributed by atoms with van der Waals surface area (Å²) in [5.74, 6) is 1.78. The summed E-state index contributed by atoms with van der Waals surface area (Å²) in [7, 11) is 1.69. The number of benzene rings is 4. The van der Waals surface area contributed by atoms with Gasteiger partial charge in [-0.3, -0.25) is 4.99 Å². The van der Waals surface area contributed by atoms with Crippen LogP contribution in [0.25, 0.3) is 0 Å². The van der Waals surface area contributed by atoms with E-state index in [-0.39, 0.29) is 17.5 Å². The molecule has 1 unspecified atom stereocenters. The summed E-state index contributed by atoms with van der Waals surface area (Å²) in [6.07, 6.45) is 1.53. The zero-order chi connectivity index (χ0) is 28.1. The number of ether oxygens (including phenoxy) is 1. The smallest absolute Gasteiger partial charge is 0.243 e. The van der Waals surface area contributed by atoms with Gasteiger partial charge in [0.2, 0.25) is 10.0 Å². The molecule has 4 aromatic carbocycles. The van der Waals surface area contributed by atoms with Crippen LogP contribution in [0, 0.1) is 0 Å². The van der Waals surface area contributed by atoms with Crippen molar-refractivity contribution in [3.8, 4) is 5.75 Å². The summed E-state index contributed by atoms with van der Waals surface area (Å²) in [6.45, 7) is 1.08. The lowest BCUT2D eigenvalue weighted by Crippen LogP contribution is -2.26. The Kier molecular flexibility index (Phi) is 8.33. The Morgan fingerprint density at radius 2 is 1.50 bits per heavy atom. The predicted molar refractivity (Wildman–Crippen MR) is 160 cm³/mol. The van der Waals surface area contributed by atoms with Gasteiger partial charge in [-0.25, -0.2) is 8.42 Å². The van der Waals surface area contributed by atoms with Crippen molar-refractivity contribution in [2.45, 2.75) is 36.9 Å². The third kappa shape index (κ3) is 6.11. The third-order valence-electron chi connectivity index (χ3n) is 7.42. The van der Waals surface area contributed by atoms with E-state index in [0.29, 0.717) is 0 Å². The van der Waals surface area contributed by atoms with E-state index in [0.717, 1.165) is 42.1 Å². The van der Waals surface area contributed by atoms with E-state index in [1.54, 1.807) is 26.3 Å². The van der Waals surface area contributed by atoms with Crippen molar-refractivity contribution in [3.63, 3.8) is 0 Å². The molecule has 1 heterocycles. The Morgan fingerprint density at radius 1 is 0.850 bits per heavy atom. The van der Waals surface area contributed by atoms with Gasteiger partial charge in [0.15, 0.2) is 0 Å². The summed E-state index contributed by atoms with van der Waals surface area (Å²) in [4.78, 5) is 7.76. The number of nitrogens with zero attached hydrogens (tertiary/aromatic N) is 3. The number of aliphatic imine (C=N–C) groups is 1. The van der Waals surface area contributed by atoms with Crippen LogP contribution in [0.1, 0.15) is 40.3 Å². The zero-order valence-corrected chi connectivity index (χ0v) is 24.0. The van der Waals surface area contributed by atoms with Crippen LogP contribution in [0.3, 0.4) is 0 Å². The van der Waals surface area contributed by atoms with Crippen LogP contribution in [0.15, 0.2) is 113 Å². The maximum atomic E-state index is 13.2. The van der Waals surface area contributed by atoms with Crippen molar-refractivity contribution in [1.29, 1.82) is 0 Å². The molecule has 0 aliphatic carbocycles. The lowest BCUT2D eigenvalue weighted by atomic mass is 9.95. The normalized spacial score (nSPS) is 15.3. The van der Waals surface area contributed by atoms with Crippen LogP contribution >= 0.6 is 0 Å². The van der Waals surface area contributed by atoms with E-state index >= 15 is 0 Å². The van der Waals surface area contributed by atoms with E-state index in [4.69, 9.17) is 9.73 Å². The van der Waals surface area contributed by atoms with Gasteiger partial charge in [-0.2, -0.15) is 4.31 Å². The molecule has 0 saturated heterocycles. The minimum absolute atomic E-state index is 0.0499. The van der Waals surface area contributed by atoms with Gasteiger partial charge < -0.3 is 9.64 Å². The van der Waals surface area contributed by atoms with Crippen LogP contribution in [-0.4, -0.2) is 44.7 Å². The van der Waals surface area contributed by atoms with Crippen molar-refractivity contribution >= 4 is 15.9 Å². The number of aryl methyl sites for hydroxylation is 1. The number of amidine groups is 1. The Balaban J connectivity index is 1.29. The lowest BCUT2D eigenvalue weighted by molar-refractivity contribution is 0.414. The van der Waals surface area contributed by atoms with Crippen molar-refractivity contribution < 1.29 is 13.2 Å². The molecule has 0 spiro atoms. The second kappa shape index (κ2) is 12.1. The number of fused-ring (bicyclic) bond motifs is 1. The number of methoxy groups -OCH3 is 1. The first-order valence-corrected chi connectivity index (χ1v) is 14.9. The second-order valence-electron chi connectivity index (χ2n) is 10.2. The molecule has 1 atom stereocenters. The fraction of sp³-hybridized carbons (Fsp3) is 0.242. The summed E-state index contributed by atoms with van der Waals surface area (Å²) in [5.41, 5.74) is 5.67. The van der Waals surface area contributed by atoms with Gasteiger partial charge in [-0.1, -0.05) is 78.9 Å². The van der Waals surface area contributed by atoms with Crippen molar-refractivity contribution in [2.75, 3.05) is 21.2 Å². The fourth-order valence-electron chi connectivity index (χ4n) is 5.09. The van der Waals surface area contributed by atoms with Crippen LogP contribution in [0.2, 0.25) is 0 Å². The molecule has 0 N–H and O–H groups in total. The molecule has 1 aliphatic heterocycles. The molecule has 0 bridgehead atoms. The van der Waals surface area contributed by atoms with E-state index in [2.05, 4.69) is 60.5 Å². The van der Waals surface area contributed by atoms with Gasteiger partial charge in [0, 0.05) is 33.6 Å². The summed E-state index contributed by atoms with van der Waals surface area (Å²) in [6, 6.07) is 33.6. The van der Waals surface area contributed by atoms with Crippen molar-refractivity contribution in [2.24, 2.45) is 4.99 Å². The lowest BCUT2D eigenvalue weighted by Gasteiger charge is -2.20. The van der Waals surface area contributed by atoms with Gasteiger partial charge >= 0.3 is 0 Å². The first-order chi connectivity index (χ1) is 19.3. The van der Waals surface area contributed by atoms with Gasteiger partial charge in [-0.15, -0.1) is 0 Å². The number of rotatable bonds is 9.